The molecule has 1 aromatic rings. The minimum atomic E-state index is -1.16. The molecule has 6 N–H and O–H groups in total. The SMILES string of the molecule is CON=C(C(N)=O)c1csc(N)n1.O=C(O)C1=C[C@H](O)C[C@H]2CC(=O)N12. The standard InChI is InChI=1S/C8H9NO4.C6H8N4O2S/c10-5-1-4-2-7(11)9(4)6(3-5)8(12)13;1-12-10-4(5(7)11)3-2-13-6(8)9-3/h3-5,10H,1-2H2,(H,12,13);2H,1H3,(H2,7,11)(H2,8,9)/t4-,5+;/m0./s1. The van der Waals surface area contributed by atoms with Crippen LogP contribution in [-0.2, 0) is 19.2 Å². The van der Waals surface area contributed by atoms with Crippen LogP contribution in [-0.4, -0.2) is 62.8 Å². The van der Waals surface area contributed by atoms with Crippen molar-refractivity contribution in [3.63, 3.8) is 0 Å². The summed E-state index contributed by atoms with van der Waals surface area (Å²) in [5, 5.41) is 23.3. The maximum absolute atomic E-state index is 11.0. The zero-order valence-electron chi connectivity index (χ0n) is 13.7. The first-order valence-corrected chi connectivity index (χ1v) is 8.20. The van der Waals surface area contributed by atoms with Crippen molar-refractivity contribution >= 4 is 40.0 Å². The van der Waals surface area contributed by atoms with E-state index in [9.17, 15) is 19.5 Å². The van der Waals surface area contributed by atoms with Crippen LogP contribution in [0.15, 0.2) is 22.3 Å². The number of anilines is 1. The van der Waals surface area contributed by atoms with Crippen molar-refractivity contribution in [3.8, 4) is 0 Å². The molecular weight excluding hydrogens is 366 g/mol. The molecule has 0 bridgehead atoms. The highest BCUT2D eigenvalue weighted by atomic mass is 32.1. The van der Waals surface area contributed by atoms with E-state index in [4.69, 9.17) is 16.6 Å². The van der Waals surface area contributed by atoms with E-state index in [1.54, 1.807) is 5.38 Å². The molecule has 3 rings (SSSR count). The van der Waals surface area contributed by atoms with Gasteiger partial charge in [0.2, 0.25) is 5.91 Å². The number of aliphatic hydroxyl groups is 1. The molecular formula is C14H17N5O6S. The van der Waals surface area contributed by atoms with Crippen molar-refractivity contribution in [2.45, 2.75) is 25.0 Å². The van der Waals surface area contributed by atoms with Gasteiger partial charge in [0.1, 0.15) is 18.5 Å². The van der Waals surface area contributed by atoms with E-state index in [0.717, 1.165) is 0 Å². The number of aromatic nitrogens is 1. The molecule has 12 heteroatoms. The fourth-order valence-corrected chi connectivity index (χ4v) is 3.04. The maximum Gasteiger partial charge on any atom is 0.352 e. The van der Waals surface area contributed by atoms with Gasteiger partial charge in [0.25, 0.3) is 5.91 Å². The van der Waals surface area contributed by atoms with Gasteiger partial charge in [-0.3, -0.25) is 9.59 Å². The van der Waals surface area contributed by atoms with Crippen LogP contribution in [0.1, 0.15) is 18.5 Å². The smallest absolute Gasteiger partial charge is 0.352 e. The van der Waals surface area contributed by atoms with Gasteiger partial charge in [-0.1, -0.05) is 5.16 Å². The van der Waals surface area contributed by atoms with Crippen LogP contribution in [0.5, 0.6) is 0 Å². The van der Waals surface area contributed by atoms with Gasteiger partial charge in [-0.25, -0.2) is 9.78 Å². The van der Waals surface area contributed by atoms with Crippen molar-refractivity contribution in [2.75, 3.05) is 12.8 Å². The Morgan fingerprint density at radius 2 is 2.19 bits per heavy atom. The Hall–Kier alpha value is -2.99. The molecule has 1 fully saturated rings. The number of fused-ring (bicyclic) bond motifs is 1. The van der Waals surface area contributed by atoms with Gasteiger partial charge in [0.05, 0.1) is 6.10 Å². The molecule has 3 heterocycles. The lowest BCUT2D eigenvalue weighted by molar-refractivity contribution is -0.151. The summed E-state index contributed by atoms with van der Waals surface area (Å²) < 4.78 is 0. The quantitative estimate of drug-likeness (QED) is 0.286. The second kappa shape index (κ2) is 7.93. The largest absolute Gasteiger partial charge is 0.477 e. The minimum Gasteiger partial charge on any atom is -0.477 e. The summed E-state index contributed by atoms with van der Waals surface area (Å²) in [6.07, 6.45) is 1.28. The van der Waals surface area contributed by atoms with Crippen molar-refractivity contribution in [2.24, 2.45) is 10.9 Å². The number of aliphatic hydroxyl groups excluding tert-OH is 1. The summed E-state index contributed by atoms with van der Waals surface area (Å²) in [5.74, 6) is -2.03. The number of nitrogen functional groups attached to an aromatic ring is 1. The van der Waals surface area contributed by atoms with Gasteiger partial charge in [-0.15, -0.1) is 11.3 Å². The van der Waals surface area contributed by atoms with Gasteiger partial charge in [-0.2, -0.15) is 0 Å². The van der Waals surface area contributed by atoms with Gasteiger partial charge >= 0.3 is 5.97 Å². The summed E-state index contributed by atoms with van der Waals surface area (Å²) in [5.41, 5.74) is 10.6. The fourth-order valence-electron chi connectivity index (χ4n) is 2.49. The van der Waals surface area contributed by atoms with Crippen LogP contribution in [0.2, 0.25) is 0 Å². The Kier molecular flexibility index (Phi) is 5.90. The number of nitrogens with zero attached hydrogens (tertiary/aromatic N) is 3. The Morgan fingerprint density at radius 1 is 1.50 bits per heavy atom. The lowest BCUT2D eigenvalue weighted by Gasteiger charge is -2.44. The Morgan fingerprint density at radius 3 is 2.65 bits per heavy atom. The monoisotopic (exact) mass is 383 g/mol. The number of β-lactam (4-membered cyclic amide) rings is 1. The molecule has 11 nitrogen and oxygen atoms in total. The second-order valence-corrected chi connectivity index (χ2v) is 6.23. The van der Waals surface area contributed by atoms with Gasteiger partial charge in [-0.05, 0) is 12.5 Å². The van der Waals surface area contributed by atoms with Gasteiger partial charge < -0.3 is 31.4 Å². The van der Waals surface area contributed by atoms with Crippen molar-refractivity contribution in [3.05, 3.63) is 22.8 Å². The fraction of sp³-hybridized carbons (Fsp3) is 0.357. The molecule has 2 aliphatic heterocycles. The number of thiazole rings is 1. The Labute approximate surface area is 151 Å². The van der Waals surface area contributed by atoms with E-state index in [1.165, 1.54) is 29.4 Å². The van der Waals surface area contributed by atoms with E-state index in [0.29, 0.717) is 23.7 Å². The summed E-state index contributed by atoms with van der Waals surface area (Å²) >= 11 is 1.20. The Bertz CT molecular complexity index is 789. The summed E-state index contributed by atoms with van der Waals surface area (Å²) in [7, 11) is 1.32. The number of nitrogens with two attached hydrogens (primary N) is 2. The number of oxime groups is 1. The highest BCUT2D eigenvalue weighted by molar-refractivity contribution is 7.13. The summed E-state index contributed by atoms with van der Waals surface area (Å²) in [4.78, 5) is 42.0. The number of carboxylic acid groups (broad SMARTS) is 1. The Balaban J connectivity index is 0.000000187. The normalized spacial score (nSPS) is 21.6. The second-order valence-electron chi connectivity index (χ2n) is 5.34. The lowest BCUT2D eigenvalue weighted by Crippen LogP contribution is -2.56. The molecule has 26 heavy (non-hydrogen) atoms. The van der Waals surface area contributed by atoms with Crippen LogP contribution in [0.4, 0.5) is 5.13 Å². The highest BCUT2D eigenvalue weighted by Crippen LogP contribution is 2.32. The number of hydrogen-bond acceptors (Lipinski definition) is 9. The number of carbonyl (C=O) groups excluding carboxylic acids is 2. The molecule has 0 aromatic carbocycles. The predicted octanol–water partition coefficient (Wildman–Crippen LogP) is -1.12. The third-order valence-electron chi connectivity index (χ3n) is 3.57. The molecule has 0 unspecified atom stereocenters. The average Bonchev–Trinajstić information content (AvgIpc) is 2.97. The third-order valence-corrected chi connectivity index (χ3v) is 4.24. The number of hydrogen-bond donors (Lipinski definition) is 4. The number of rotatable bonds is 4. The van der Waals surface area contributed by atoms with E-state index in [-0.39, 0.29) is 23.4 Å². The molecule has 0 spiro atoms. The van der Waals surface area contributed by atoms with Gasteiger partial charge in [0, 0.05) is 17.8 Å². The zero-order chi connectivity index (χ0) is 19.4. The number of primary amides is 1. The number of carbonyl (C=O) groups is 3. The van der Waals surface area contributed by atoms with Crippen molar-refractivity contribution in [1.82, 2.24) is 9.88 Å². The van der Waals surface area contributed by atoms with Crippen molar-refractivity contribution < 1.29 is 29.4 Å². The predicted molar refractivity (Wildman–Crippen MR) is 90.9 cm³/mol. The summed E-state index contributed by atoms with van der Waals surface area (Å²) in [6.45, 7) is 0. The molecule has 0 aliphatic carbocycles. The maximum atomic E-state index is 11.0. The van der Waals surface area contributed by atoms with E-state index in [2.05, 4.69) is 15.0 Å². The molecule has 2 atom stereocenters. The van der Waals surface area contributed by atoms with Crippen molar-refractivity contribution in [1.29, 1.82) is 0 Å². The lowest BCUT2D eigenvalue weighted by atomic mass is 9.90. The van der Waals surface area contributed by atoms with Crippen LogP contribution >= 0.6 is 11.3 Å². The number of amides is 2. The molecule has 0 radical (unpaired) electrons. The molecule has 1 aromatic heterocycles. The minimum absolute atomic E-state index is 0.0320. The molecule has 2 amide bonds. The number of carboxylic acids is 1. The van der Waals surface area contributed by atoms with Crippen LogP contribution in [0.25, 0.3) is 0 Å². The first-order valence-electron chi connectivity index (χ1n) is 7.32. The third kappa shape index (κ3) is 4.15. The number of aliphatic carboxylic acids is 1. The molecule has 0 saturated carbocycles. The zero-order valence-corrected chi connectivity index (χ0v) is 14.5. The molecule has 1 saturated heterocycles. The van der Waals surface area contributed by atoms with E-state index >= 15 is 0 Å². The van der Waals surface area contributed by atoms with Crippen LogP contribution in [0, 0.1) is 0 Å². The molecule has 2 aliphatic rings. The topological polar surface area (TPSA) is 181 Å². The first kappa shape index (κ1) is 19.3. The first-order chi connectivity index (χ1) is 12.2. The summed E-state index contributed by atoms with van der Waals surface area (Å²) in [6, 6.07) is -0.112. The van der Waals surface area contributed by atoms with Crippen LogP contribution < -0.4 is 11.5 Å². The van der Waals surface area contributed by atoms with E-state index < -0.39 is 18.0 Å². The van der Waals surface area contributed by atoms with Gasteiger partial charge in [0.15, 0.2) is 10.8 Å². The van der Waals surface area contributed by atoms with Crippen LogP contribution in [0.3, 0.4) is 0 Å². The average molecular weight is 383 g/mol. The highest BCUT2D eigenvalue weighted by Gasteiger charge is 2.44. The molecule has 140 valence electrons. The van der Waals surface area contributed by atoms with E-state index in [1.807, 2.05) is 0 Å².